The topological polar surface area (TPSA) is 0 Å². The molecule has 0 radical (unpaired) electrons. The van der Waals surface area contributed by atoms with E-state index in [9.17, 15) is 0 Å². The molecule has 0 aliphatic heterocycles. The smallest absolute Gasteiger partial charge is 0.0292 e. The van der Waals surface area contributed by atoms with Crippen molar-refractivity contribution in [2.24, 2.45) is 0 Å². The fraction of sp³-hybridized carbons (Fsp3) is 0.538. The highest BCUT2D eigenvalue weighted by Gasteiger charge is 2.11. The quantitative estimate of drug-likeness (QED) is 0.628. The molecule has 1 aromatic rings. The fourth-order valence-electron chi connectivity index (χ4n) is 1.81. The number of alkyl halides is 1. The van der Waals surface area contributed by atoms with Gasteiger partial charge in [0, 0.05) is 5.88 Å². The van der Waals surface area contributed by atoms with E-state index in [4.69, 9.17) is 11.6 Å². The lowest BCUT2D eigenvalue weighted by molar-refractivity contribution is 0.626. The van der Waals surface area contributed by atoms with Crippen molar-refractivity contribution in [1.82, 2.24) is 0 Å². The van der Waals surface area contributed by atoms with E-state index in [0.29, 0.717) is 5.92 Å². The average Bonchev–Trinajstić information content (AvgIpc) is 2.21. The molecule has 1 rings (SSSR count). The molecule has 0 aliphatic carbocycles. The van der Waals surface area contributed by atoms with Gasteiger partial charge in [0.15, 0.2) is 0 Å². The third-order valence-corrected chi connectivity index (χ3v) is 3.09. The lowest BCUT2D eigenvalue weighted by Crippen LogP contribution is -2.02. The van der Waals surface area contributed by atoms with Crippen LogP contribution in [0.2, 0.25) is 0 Å². The van der Waals surface area contributed by atoms with Gasteiger partial charge in [0.1, 0.15) is 0 Å². The number of rotatable bonds is 5. The summed E-state index contributed by atoms with van der Waals surface area (Å²) >= 11 is 6.01. The van der Waals surface area contributed by atoms with Gasteiger partial charge in [-0.05, 0) is 30.4 Å². The summed E-state index contributed by atoms with van der Waals surface area (Å²) in [6.45, 7) is 4.39. The summed E-state index contributed by atoms with van der Waals surface area (Å²) in [7, 11) is 0. The van der Waals surface area contributed by atoms with E-state index in [0.717, 1.165) is 5.88 Å². The van der Waals surface area contributed by atoms with Gasteiger partial charge >= 0.3 is 0 Å². The first-order chi connectivity index (χ1) is 6.79. The van der Waals surface area contributed by atoms with Crippen LogP contribution in [0.25, 0.3) is 0 Å². The molecule has 0 fully saturated rings. The molecule has 0 aromatic heterocycles. The zero-order chi connectivity index (χ0) is 10.4. The van der Waals surface area contributed by atoms with Gasteiger partial charge in [-0.1, -0.05) is 44.0 Å². The molecule has 0 amide bonds. The maximum atomic E-state index is 6.01. The number of hydrogen-bond donors (Lipinski definition) is 0. The highest BCUT2D eigenvalue weighted by molar-refractivity contribution is 6.18. The van der Waals surface area contributed by atoms with Gasteiger partial charge in [-0.3, -0.25) is 0 Å². The van der Waals surface area contributed by atoms with E-state index >= 15 is 0 Å². The Hall–Kier alpha value is -0.490. The zero-order valence-electron chi connectivity index (χ0n) is 9.09. The summed E-state index contributed by atoms with van der Waals surface area (Å²) in [6, 6.07) is 8.57. The van der Waals surface area contributed by atoms with Crippen LogP contribution in [-0.2, 0) is 0 Å². The molecule has 1 atom stereocenters. The Balaban J connectivity index is 2.73. The molecule has 0 saturated heterocycles. The van der Waals surface area contributed by atoms with Crippen molar-refractivity contribution in [3.63, 3.8) is 0 Å². The Bertz CT molecular complexity index is 268. The van der Waals surface area contributed by atoms with Crippen LogP contribution in [-0.4, -0.2) is 5.88 Å². The lowest BCUT2D eigenvalue weighted by atomic mass is 9.92. The predicted octanol–water partition coefficient (Wildman–Crippen LogP) is 4.51. The zero-order valence-corrected chi connectivity index (χ0v) is 9.85. The van der Waals surface area contributed by atoms with Crippen molar-refractivity contribution in [3.05, 3.63) is 35.4 Å². The Labute approximate surface area is 92.3 Å². The van der Waals surface area contributed by atoms with Crippen LogP contribution < -0.4 is 0 Å². The highest BCUT2D eigenvalue weighted by Crippen LogP contribution is 2.25. The van der Waals surface area contributed by atoms with Crippen LogP contribution in [0.4, 0.5) is 0 Å². The van der Waals surface area contributed by atoms with Crippen molar-refractivity contribution in [2.75, 3.05) is 5.88 Å². The van der Waals surface area contributed by atoms with Crippen molar-refractivity contribution in [1.29, 1.82) is 0 Å². The average molecular weight is 211 g/mol. The van der Waals surface area contributed by atoms with E-state index in [1.807, 2.05) is 0 Å². The molecule has 0 N–H and O–H groups in total. The Morgan fingerprint density at radius 2 is 2.00 bits per heavy atom. The van der Waals surface area contributed by atoms with Crippen molar-refractivity contribution >= 4 is 11.6 Å². The molecule has 78 valence electrons. The van der Waals surface area contributed by atoms with Gasteiger partial charge in [-0.25, -0.2) is 0 Å². The Kier molecular flexibility index (Phi) is 5.03. The molecule has 14 heavy (non-hydrogen) atoms. The first kappa shape index (κ1) is 11.6. The first-order valence-electron chi connectivity index (χ1n) is 5.41. The van der Waals surface area contributed by atoms with E-state index in [1.165, 1.54) is 30.4 Å². The number of hydrogen-bond acceptors (Lipinski definition) is 0. The molecular formula is C13H19Cl. The van der Waals surface area contributed by atoms with Crippen molar-refractivity contribution in [2.45, 2.75) is 39.0 Å². The molecule has 0 aliphatic rings. The summed E-state index contributed by atoms with van der Waals surface area (Å²) in [6.07, 6.45) is 3.73. The Morgan fingerprint density at radius 1 is 1.29 bits per heavy atom. The SMILES string of the molecule is CCCCC(CCl)c1ccccc1C. The molecule has 1 unspecified atom stereocenters. The third kappa shape index (κ3) is 3.02. The van der Waals surface area contributed by atoms with Crippen molar-refractivity contribution < 1.29 is 0 Å². The Morgan fingerprint density at radius 3 is 2.57 bits per heavy atom. The van der Waals surface area contributed by atoms with Crippen LogP contribution in [0.3, 0.4) is 0 Å². The molecule has 0 spiro atoms. The van der Waals surface area contributed by atoms with Gasteiger partial charge in [0.05, 0.1) is 0 Å². The summed E-state index contributed by atoms with van der Waals surface area (Å²) < 4.78 is 0. The van der Waals surface area contributed by atoms with E-state index in [2.05, 4.69) is 38.1 Å². The number of halogens is 1. The first-order valence-corrected chi connectivity index (χ1v) is 5.94. The van der Waals surface area contributed by atoms with Crippen LogP contribution in [0, 0.1) is 6.92 Å². The summed E-state index contributed by atoms with van der Waals surface area (Å²) in [4.78, 5) is 0. The molecule has 0 nitrogen and oxygen atoms in total. The minimum absolute atomic E-state index is 0.540. The number of aryl methyl sites for hydroxylation is 1. The maximum Gasteiger partial charge on any atom is 0.0292 e. The predicted molar refractivity (Wildman–Crippen MR) is 64.2 cm³/mol. The number of unbranched alkanes of at least 4 members (excludes halogenated alkanes) is 1. The fourth-order valence-corrected chi connectivity index (χ4v) is 2.13. The minimum atomic E-state index is 0.540. The second-order valence-corrected chi connectivity index (χ2v) is 4.16. The lowest BCUT2D eigenvalue weighted by Gasteiger charge is -2.16. The number of benzene rings is 1. The standard InChI is InChI=1S/C13H19Cl/c1-3-4-8-12(10-14)13-9-6-5-7-11(13)2/h5-7,9,12H,3-4,8,10H2,1-2H3. The maximum absolute atomic E-state index is 6.01. The molecule has 1 aromatic carbocycles. The minimum Gasteiger partial charge on any atom is -0.126 e. The molecule has 1 heteroatoms. The van der Waals surface area contributed by atoms with Crippen LogP contribution >= 0.6 is 11.6 Å². The molecule has 0 heterocycles. The van der Waals surface area contributed by atoms with Gasteiger partial charge in [-0.15, -0.1) is 11.6 Å². The van der Waals surface area contributed by atoms with Crippen LogP contribution in [0.1, 0.15) is 43.2 Å². The van der Waals surface area contributed by atoms with Crippen molar-refractivity contribution in [3.8, 4) is 0 Å². The summed E-state index contributed by atoms with van der Waals surface area (Å²) in [5.74, 6) is 1.28. The van der Waals surface area contributed by atoms with Crippen LogP contribution in [0.5, 0.6) is 0 Å². The van der Waals surface area contributed by atoms with Gasteiger partial charge in [0.2, 0.25) is 0 Å². The second kappa shape index (κ2) is 6.08. The molecular weight excluding hydrogens is 192 g/mol. The van der Waals surface area contributed by atoms with Gasteiger partial charge < -0.3 is 0 Å². The van der Waals surface area contributed by atoms with Gasteiger partial charge in [-0.2, -0.15) is 0 Å². The summed E-state index contributed by atoms with van der Waals surface area (Å²) in [5, 5.41) is 0. The molecule has 0 saturated carbocycles. The monoisotopic (exact) mass is 210 g/mol. The summed E-state index contributed by atoms with van der Waals surface area (Å²) in [5.41, 5.74) is 2.80. The third-order valence-electron chi connectivity index (χ3n) is 2.72. The normalized spacial score (nSPS) is 12.8. The second-order valence-electron chi connectivity index (χ2n) is 3.85. The van der Waals surface area contributed by atoms with E-state index in [1.54, 1.807) is 0 Å². The largest absolute Gasteiger partial charge is 0.126 e. The van der Waals surface area contributed by atoms with Gasteiger partial charge in [0.25, 0.3) is 0 Å². The van der Waals surface area contributed by atoms with E-state index < -0.39 is 0 Å². The molecule has 0 bridgehead atoms. The van der Waals surface area contributed by atoms with Crippen LogP contribution in [0.15, 0.2) is 24.3 Å². The van der Waals surface area contributed by atoms with E-state index in [-0.39, 0.29) is 0 Å². The highest BCUT2D eigenvalue weighted by atomic mass is 35.5.